The topological polar surface area (TPSA) is 61.8 Å². The van der Waals surface area contributed by atoms with Crippen molar-refractivity contribution in [2.45, 2.75) is 6.10 Å². The van der Waals surface area contributed by atoms with E-state index in [9.17, 15) is 14.3 Å². The number of rotatable bonds is 7. The molecule has 1 atom stereocenters. The van der Waals surface area contributed by atoms with Crippen molar-refractivity contribution in [2.24, 2.45) is 0 Å². The van der Waals surface area contributed by atoms with Crippen molar-refractivity contribution in [3.05, 3.63) is 28.5 Å². The maximum atomic E-state index is 13.5. The van der Waals surface area contributed by atoms with Gasteiger partial charge in [0.2, 0.25) is 5.91 Å². The van der Waals surface area contributed by atoms with Crippen molar-refractivity contribution < 1.29 is 19.0 Å². The molecule has 1 aromatic rings. The van der Waals surface area contributed by atoms with E-state index in [0.717, 1.165) is 0 Å². The molecule has 0 aliphatic carbocycles. The van der Waals surface area contributed by atoms with Crippen molar-refractivity contribution in [2.75, 3.05) is 39.2 Å². The predicted octanol–water partition coefficient (Wildman–Crippen LogP) is 1.47. The first-order valence-electron chi connectivity index (χ1n) is 6.02. The summed E-state index contributed by atoms with van der Waals surface area (Å²) in [7, 11) is 3.18. The Kier molecular flexibility index (Phi) is 7.08. The molecule has 0 aromatic heterocycles. The van der Waals surface area contributed by atoms with Gasteiger partial charge >= 0.3 is 0 Å². The van der Waals surface area contributed by atoms with E-state index >= 15 is 0 Å². The van der Waals surface area contributed by atoms with E-state index in [-0.39, 0.29) is 24.7 Å². The number of nitrogens with one attached hydrogen (secondary N) is 1. The summed E-state index contributed by atoms with van der Waals surface area (Å²) >= 11 is 3.14. The van der Waals surface area contributed by atoms with E-state index in [1.54, 1.807) is 18.0 Å². The molecule has 0 aliphatic rings. The zero-order chi connectivity index (χ0) is 15.1. The molecule has 1 aromatic carbocycles. The minimum absolute atomic E-state index is 0.0519. The number of aliphatic hydroxyl groups is 1. The van der Waals surface area contributed by atoms with Gasteiger partial charge in [0, 0.05) is 18.1 Å². The van der Waals surface area contributed by atoms with Crippen LogP contribution in [0.2, 0.25) is 0 Å². The number of carbonyl (C=O) groups excluding carboxylic acids is 1. The predicted molar refractivity (Wildman–Crippen MR) is 78.1 cm³/mol. The number of methoxy groups -OCH3 is 1. The van der Waals surface area contributed by atoms with Crippen LogP contribution in [0.15, 0.2) is 22.7 Å². The smallest absolute Gasteiger partial charge is 0.238 e. The monoisotopic (exact) mass is 348 g/mol. The van der Waals surface area contributed by atoms with Gasteiger partial charge in [-0.1, -0.05) is 15.9 Å². The highest BCUT2D eigenvalue weighted by atomic mass is 79.9. The number of nitrogens with zero attached hydrogens (tertiary/aromatic N) is 1. The lowest BCUT2D eigenvalue weighted by Gasteiger charge is -2.19. The van der Waals surface area contributed by atoms with Crippen LogP contribution in [0.1, 0.15) is 0 Å². The molecule has 0 aliphatic heterocycles. The minimum atomic E-state index is -0.665. The maximum Gasteiger partial charge on any atom is 0.238 e. The molecule has 1 rings (SSSR count). The lowest BCUT2D eigenvalue weighted by atomic mass is 10.3. The highest BCUT2D eigenvalue weighted by Gasteiger charge is 2.13. The molecule has 0 spiro atoms. The van der Waals surface area contributed by atoms with Gasteiger partial charge in [-0.25, -0.2) is 4.39 Å². The van der Waals surface area contributed by atoms with E-state index in [1.165, 1.54) is 19.2 Å². The van der Waals surface area contributed by atoms with Gasteiger partial charge in [-0.2, -0.15) is 0 Å². The van der Waals surface area contributed by atoms with E-state index in [4.69, 9.17) is 4.74 Å². The largest absolute Gasteiger partial charge is 0.389 e. The lowest BCUT2D eigenvalue weighted by molar-refractivity contribution is -0.117. The van der Waals surface area contributed by atoms with Crippen LogP contribution < -0.4 is 5.32 Å². The standard InChI is InChI=1S/C13H18BrFN2O3/c1-17(6-10(18)8-20-2)7-13(19)16-12-4-3-9(14)5-11(12)15/h3-5,10,18H,6-8H2,1-2H3,(H,16,19). The fraction of sp³-hybridized carbons (Fsp3) is 0.462. The van der Waals surface area contributed by atoms with Crippen LogP contribution in [0.5, 0.6) is 0 Å². The second-order valence-electron chi connectivity index (χ2n) is 4.48. The number of hydrogen-bond acceptors (Lipinski definition) is 4. The van der Waals surface area contributed by atoms with E-state index in [2.05, 4.69) is 21.2 Å². The molecular weight excluding hydrogens is 331 g/mol. The Bertz CT molecular complexity index is 459. The van der Waals surface area contributed by atoms with Gasteiger partial charge in [-0.05, 0) is 25.2 Å². The van der Waals surface area contributed by atoms with E-state index < -0.39 is 11.9 Å². The van der Waals surface area contributed by atoms with Crippen molar-refractivity contribution in [1.29, 1.82) is 0 Å². The van der Waals surface area contributed by atoms with E-state index in [0.29, 0.717) is 11.0 Å². The highest BCUT2D eigenvalue weighted by Crippen LogP contribution is 2.19. The first kappa shape index (κ1) is 17.0. The number of likely N-dealkylation sites (N-methyl/N-ethyl adjacent to an activating group) is 1. The normalized spacial score (nSPS) is 12.5. The van der Waals surface area contributed by atoms with Crippen LogP contribution in [-0.4, -0.2) is 55.9 Å². The quantitative estimate of drug-likeness (QED) is 0.783. The van der Waals surface area contributed by atoms with Crippen molar-refractivity contribution in [3.8, 4) is 0 Å². The average molecular weight is 349 g/mol. The van der Waals surface area contributed by atoms with Crippen LogP contribution in [0.25, 0.3) is 0 Å². The number of benzene rings is 1. The van der Waals surface area contributed by atoms with Gasteiger partial charge in [0.1, 0.15) is 5.82 Å². The van der Waals surface area contributed by atoms with E-state index in [1.807, 2.05) is 0 Å². The summed E-state index contributed by atoms with van der Waals surface area (Å²) in [4.78, 5) is 13.4. The van der Waals surface area contributed by atoms with Crippen LogP contribution in [-0.2, 0) is 9.53 Å². The Morgan fingerprint density at radius 3 is 2.90 bits per heavy atom. The van der Waals surface area contributed by atoms with Gasteiger partial charge < -0.3 is 15.2 Å². The molecule has 112 valence electrons. The molecule has 5 nitrogen and oxygen atoms in total. The number of anilines is 1. The number of hydrogen-bond donors (Lipinski definition) is 2. The first-order chi connectivity index (χ1) is 9.42. The van der Waals surface area contributed by atoms with Crippen LogP contribution >= 0.6 is 15.9 Å². The minimum Gasteiger partial charge on any atom is -0.389 e. The van der Waals surface area contributed by atoms with Gasteiger partial charge in [0.25, 0.3) is 0 Å². The molecule has 20 heavy (non-hydrogen) atoms. The Labute approximate surface area is 125 Å². The number of ether oxygens (including phenoxy) is 1. The van der Waals surface area contributed by atoms with Gasteiger partial charge in [-0.3, -0.25) is 9.69 Å². The third-order valence-electron chi connectivity index (χ3n) is 2.50. The van der Waals surface area contributed by atoms with Crippen LogP contribution in [0.3, 0.4) is 0 Å². The summed E-state index contributed by atoms with van der Waals surface area (Å²) in [6.07, 6.45) is -0.665. The second kappa shape index (κ2) is 8.31. The molecular formula is C13H18BrFN2O3. The van der Waals surface area contributed by atoms with Gasteiger partial charge in [0.15, 0.2) is 0 Å². The zero-order valence-corrected chi connectivity index (χ0v) is 13.0. The summed E-state index contributed by atoms with van der Waals surface area (Å²) in [5.41, 5.74) is 0.129. The third-order valence-corrected chi connectivity index (χ3v) is 2.99. The lowest BCUT2D eigenvalue weighted by Crippen LogP contribution is -2.37. The maximum absolute atomic E-state index is 13.5. The molecule has 0 saturated carbocycles. The molecule has 0 heterocycles. The Morgan fingerprint density at radius 1 is 1.60 bits per heavy atom. The molecule has 7 heteroatoms. The molecule has 0 saturated heterocycles. The van der Waals surface area contributed by atoms with Gasteiger partial charge in [0.05, 0.1) is 24.9 Å². The molecule has 2 N–H and O–H groups in total. The van der Waals surface area contributed by atoms with Crippen LogP contribution in [0, 0.1) is 5.82 Å². The van der Waals surface area contributed by atoms with Crippen molar-refractivity contribution in [1.82, 2.24) is 4.90 Å². The highest BCUT2D eigenvalue weighted by molar-refractivity contribution is 9.10. The van der Waals surface area contributed by atoms with Crippen LogP contribution in [0.4, 0.5) is 10.1 Å². The van der Waals surface area contributed by atoms with Crippen molar-refractivity contribution >= 4 is 27.5 Å². The summed E-state index contributed by atoms with van der Waals surface area (Å²) in [5, 5.41) is 12.0. The number of halogens is 2. The Morgan fingerprint density at radius 2 is 2.30 bits per heavy atom. The summed E-state index contributed by atoms with van der Waals surface area (Å²) in [5.74, 6) is -0.854. The molecule has 0 fully saturated rings. The SMILES string of the molecule is COCC(O)CN(C)CC(=O)Nc1ccc(Br)cc1F. The number of carbonyl (C=O) groups is 1. The number of amides is 1. The third kappa shape index (κ3) is 5.96. The Hall–Kier alpha value is -1.02. The van der Waals surface area contributed by atoms with Gasteiger partial charge in [-0.15, -0.1) is 0 Å². The summed E-state index contributed by atoms with van der Waals surface area (Å²) < 4.78 is 18.9. The Balaban J connectivity index is 2.46. The molecule has 1 unspecified atom stereocenters. The second-order valence-corrected chi connectivity index (χ2v) is 5.39. The first-order valence-corrected chi connectivity index (χ1v) is 6.82. The zero-order valence-electron chi connectivity index (χ0n) is 11.4. The molecule has 1 amide bonds. The average Bonchev–Trinajstić information content (AvgIpc) is 2.32. The molecule has 0 radical (unpaired) electrons. The fourth-order valence-electron chi connectivity index (χ4n) is 1.70. The van der Waals surface area contributed by atoms with Crippen molar-refractivity contribution in [3.63, 3.8) is 0 Å². The summed E-state index contributed by atoms with van der Waals surface area (Å²) in [6, 6.07) is 4.41. The fourth-order valence-corrected chi connectivity index (χ4v) is 2.03. The number of aliphatic hydroxyl groups excluding tert-OH is 1. The molecule has 0 bridgehead atoms. The summed E-state index contributed by atoms with van der Waals surface area (Å²) in [6.45, 7) is 0.549.